The Morgan fingerprint density at radius 3 is 2.40 bits per heavy atom. The molecule has 3 amide bonds. The van der Waals surface area contributed by atoms with E-state index in [9.17, 15) is 22.8 Å². The van der Waals surface area contributed by atoms with Crippen LogP contribution in [0.15, 0.2) is 108 Å². The quantitative estimate of drug-likeness (QED) is 0.187. The summed E-state index contributed by atoms with van der Waals surface area (Å²) in [5.41, 5.74) is 1.29. The fourth-order valence-electron chi connectivity index (χ4n) is 6.07. The first-order valence-corrected chi connectivity index (χ1v) is 18.3. The Hall–Kier alpha value is -4.93. The van der Waals surface area contributed by atoms with E-state index in [1.807, 2.05) is 63.4 Å². The van der Waals surface area contributed by atoms with Gasteiger partial charge >= 0.3 is 12.2 Å². The van der Waals surface area contributed by atoms with E-state index in [4.69, 9.17) is 0 Å². The second kappa shape index (κ2) is 19.8. The summed E-state index contributed by atoms with van der Waals surface area (Å²) in [4.78, 5) is 41.7. The molecule has 0 radical (unpaired) electrons. The molecule has 1 fully saturated rings. The number of hydrogen-bond donors (Lipinski definition) is 0. The van der Waals surface area contributed by atoms with Crippen LogP contribution in [0.1, 0.15) is 72.4 Å². The highest BCUT2D eigenvalue weighted by Gasteiger charge is 2.38. The van der Waals surface area contributed by atoms with Gasteiger partial charge < -0.3 is 14.7 Å². The van der Waals surface area contributed by atoms with Gasteiger partial charge in [-0.25, -0.2) is 4.79 Å². The maximum Gasteiger partial charge on any atom is 0.414 e. The molecule has 0 aromatic carbocycles. The number of urea groups is 1. The molecule has 3 aliphatic heterocycles. The van der Waals surface area contributed by atoms with Crippen molar-refractivity contribution in [1.29, 1.82) is 0 Å². The second-order valence-electron chi connectivity index (χ2n) is 13.2. The minimum Gasteiger partial charge on any atom is -0.368 e. The van der Waals surface area contributed by atoms with Gasteiger partial charge in [0, 0.05) is 81.6 Å². The van der Waals surface area contributed by atoms with E-state index in [1.165, 1.54) is 6.08 Å². The maximum atomic E-state index is 14.2. The predicted octanol–water partition coefficient (Wildman–Crippen LogP) is 9.45. The Kier molecular flexibility index (Phi) is 15.9. The number of halogens is 3. The van der Waals surface area contributed by atoms with Crippen molar-refractivity contribution in [1.82, 2.24) is 19.7 Å². The molecule has 53 heavy (non-hydrogen) atoms. The zero-order chi connectivity index (χ0) is 39.2. The van der Waals surface area contributed by atoms with E-state index in [2.05, 4.69) is 34.3 Å². The van der Waals surface area contributed by atoms with Gasteiger partial charge in [-0.3, -0.25) is 19.7 Å². The van der Waals surface area contributed by atoms with E-state index < -0.39 is 17.3 Å². The van der Waals surface area contributed by atoms with Crippen LogP contribution < -0.4 is 4.90 Å². The topological polar surface area (TPSA) is 72.4 Å². The van der Waals surface area contributed by atoms with Gasteiger partial charge in [0.15, 0.2) is 0 Å². The Morgan fingerprint density at radius 1 is 1.04 bits per heavy atom. The van der Waals surface area contributed by atoms with Crippen LogP contribution in [-0.4, -0.2) is 82.8 Å². The number of piperazine rings is 1. The third-order valence-electron chi connectivity index (χ3n) is 9.07. The van der Waals surface area contributed by atoms with Crippen molar-refractivity contribution in [3.63, 3.8) is 0 Å². The molecule has 0 saturated carbocycles. The molecule has 0 spiro atoms. The highest BCUT2D eigenvalue weighted by Crippen LogP contribution is 2.35. The van der Waals surface area contributed by atoms with Crippen molar-refractivity contribution < 1.29 is 22.8 Å². The minimum absolute atomic E-state index is 0.0203. The molecule has 0 aliphatic carbocycles. The average molecular weight is 733 g/mol. The first-order chi connectivity index (χ1) is 25.3. The number of alkyl halides is 3. The van der Waals surface area contributed by atoms with Gasteiger partial charge in [0.1, 0.15) is 0 Å². The summed E-state index contributed by atoms with van der Waals surface area (Å²) in [5, 5.41) is 0. The van der Waals surface area contributed by atoms with Crippen LogP contribution in [0.2, 0.25) is 0 Å². The van der Waals surface area contributed by atoms with Gasteiger partial charge in [0.25, 0.3) is 0 Å². The zero-order valence-corrected chi connectivity index (χ0v) is 32.4. The fraction of sp³-hybridized carbons (Fsp3) is 0.429. The first kappa shape index (κ1) is 42.5. The molecule has 1 aromatic heterocycles. The number of carbonyl (C=O) groups is 2. The van der Waals surface area contributed by atoms with Crippen molar-refractivity contribution in [2.45, 2.75) is 79.6 Å². The number of aliphatic imine (C=N–C) groups is 1. The highest BCUT2D eigenvalue weighted by atomic mass is 19.4. The molecular weight excluding hydrogens is 677 g/mol. The lowest BCUT2D eigenvalue weighted by Crippen LogP contribution is -2.54. The van der Waals surface area contributed by atoms with E-state index in [0.29, 0.717) is 31.7 Å². The smallest absolute Gasteiger partial charge is 0.368 e. The monoisotopic (exact) mass is 732 g/mol. The number of nitrogens with zero attached hydrogens (tertiary/aromatic N) is 6. The molecule has 0 N–H and O–H groups in total. The summed E-state index contributed by atoms with van der Waals surface area (Å²) in [5.74, 6) is 0.0212. The first-order valence-electron chi connectivity index (χ1n) is 18.3. The molecule has 1 atom stereocenters. The predicted molar refractivity (Wildman–Crippen MR) is 211 cm³/mol. The summed E-state index contributed by atoms with van der Waals surface area (Å²) in [6, 6.07) is 7.26. The summed E-state index contributed by atoms with van der Waals surface area (Å²) in [6.45, 7) is 14.0. The van der Waals surface area contributed by atoms with Crippen molar-refractivity contribution in [2.24, 2.45) is 10.9 Å². The van der Waals surface area contributed by atoms with E-state index >= 15 is 0 Å². The van der Waals surface area contributed by atoms with Crippen LogP contribution >= 0.6 is 0 Å². The van der Waals surface area contributed by atoms with Crippen LogP contribution in [0.4, 0.5) is 23.7 Å². The molecule has 1 unspecified atom stereocenters. The summed E-state index contributed by atoms with van der Waals surface area (Å²) < 4.78 is 42.5. The van der Waals surface area contributed by atoms with Gasteiger partial charge in [0.2, 0.25) is 5.91 Å². The number of allylic oxidation sites excluding steroid dienone is 9. The summed E-state index contributed by atoms with van der Waals surface area (Å²) in [6.07, 6.45) is 19.2. The van der Waals surface area contributed by atoms with Crippen LogP contribution in [0.5, 0.6) is 0 Å². The normalized spacial score (nSPS) is 18.4. The van der Waals surface area contributed by atoms with Crippen molar-refractivity contribution >= 4 is 29.4 Å². The number of anilines is 1. The van der Waals surface area contributed by atoms with E-state index in [1.54, 1.807) is 72.1 Å². The number of rotatable bonds is 9. The lowest BCUT2D eigenvalue weighted by Gasteiger charge is -2.43. The molecule has 4 rings (SSSR count). The molecule has 1 saturated heterocycles. The van der Waals surface area contributed by atoms with Crippen LogP contribution in [0.3, 0.4) is 0 Å². The summed E-state index contributed by atoms with van der Waals surface area (Å²) >= 11 is 0. The van der Waals surface area contributed by atoms with Crippen molar-refractivity contribution in [2.75, 3.05) is 38.1 Å². The lowest BCUT2D eigenvalue weighted by molar-refractivity contribution is -0.132. The van der Waals surface area contributed by atoms with Crippen molar-refractivity contribution in [3.8, 4) is 0 Å². The highest BCUT2D eigenvalue weighted by molar-refractivity contribution is 5.96. The van der Waals surface area contributed by atoms with Gasteiger partial charge in [-0.2, -0.15) is 13.2 Å². The fourth-order valence-corrected chi connectivity index (χ4v) is 6.07. The SMILES string of the molecule is C/C=C\CC=CC1C=CC(c2cccncc3c(cc2)N(C(C)(C)/C=C\C(=C(/C)C(F)(F)F)N2CCN(C(=O)CC)CC2)C(=O)N(C)C3)=CN=C1.CC. The molecule has 8 nitrogen and oxygen atoms in total. The van der Waals surface area contributed by atoms with Gasteiger partial charge in [0.05, 0.1) is 23.3 Å². The molecule has 1 aromatic rings. The molecule has 11 heteroatoms. The maximum absolute atomic E-state index is 14.2. The molecule has 3 aliphatic rings. The third-order valence-corrected chi connectivity index (χ3v) is 9.07. The molecular formula is C42H55F3N6O2. The zero-order valence-electron chi connectivity index (χ0n) is 32.4. The molecule has 0 bridgehead atoms. The van der Waals surface area contributed by atoms with Gasteiger partial charge in [-0.05, 0) is 63.5 Å². The number of aromatic nitrogens is 1. The molecule has 286 valence electrons. The standard InChI is InChI=1S/C40H49F3N6O2.C2H6/c1-7-9-10-11-13-31-15-16-33(27-45-26-31)32-14-12-21-44-28-34-29-46(6)38(51)49(36(34)18-17-32)39(4,5)20-19-35(30(3)40(41,42)43)47-22-24-48(25-23-47)37(50)8-2;1-2/h7,9,11-21,26-28,31H,8,10,22-25,29H2,1-6H3;1-2H3/b9-7-,13-11?,14-12?,18-17?,20-19-,21-12?,32-14?,32-17?,34-28?,35-30-,36-18?,44-21?,44-28?;. The Balaban J connectivity index is 0.00000372. The Morgan fingerprint density at radius 2 is 1.74 bits per heavy atom. The summed E-state index contributed by atoms with van der Waals surface area (Å²) in [7, 11) is 1.69. The third kappa shape index (κ3) is 11.5. The Bertz CT molecular complexity index is 1710. The number of fused-ring (bicyclic) bond motifs is 1. The van der Waals surface area contributed by atoms with E-state index in [-0.39, 0.29) is 36.6 Å². The van der Waals surface area contributed by atoms with Crippen molar-refractivity contribution in [3.05, 3.63) is 114 Å². The van der Waals surface area contributed by atoms with Crippen LogP contribution in [0, 0.1) is 5.92 Å². The average Bonchev–Trinajstić information content (AvgIpc) is 3.38. The largest absolute Gasteiger partial charge is 0.414 e. The van der Waals surface area contributed by atoms with Gasteiger partial charge in [-0.1, -0.05) is 75.4 Å². The van der Waals surface area contributed by atoms with Crippen LogP contribution in [0.25, 0.3) is 5.57 Å². The Labute approximate surface area is 313 Å². The number of hydrogen-bond acceptors (Lipinski definition) is 5. The van der Waals surface area contributed by atoms with E-state index in [0.717, 1.165) is 30.0 Å². The minimum atomic E-state index is -4.56. The van der Waals surface area contributed by atoms with Crippen LogP contribution in [-0.2, 0) is 11.3 Å². The second-order valence-corrected chi connectivity index (χ2v) is 13.2. The molecule has 4 heterocycles. The number of amides is 3. The van der Waals surface area contributed by atoms with Gasteiger partial charge in [-0.15, -0.1) is 0 Å². The number of carbonyl (C=O) groups excluding carboxylic acids is 2. The lowest BCUT2D eigenvalue weighted by atomic mass is 9.97.